The van der Waals surface area contributed by atoms with Crippen LogP contribution >= 0.6 is 15.9 Å². The molecule has 2 heterocycles. The number of hydrogen-bond donors (Lipinski definition) is 3. The molecule has 0 unspecified atom stereocenters. The van der Waals surface area contributed by atoms with Crippen molar-refractivity contribution in [2.45, 2.75) is 33.7 Å². The van der Waals surface area contributed by atoms with Crippen LogP contribution in [0.1, 0.15) is 39.3 Å². The van der Waals surface area contributed by atoms with E-state index in [1.807, 2.05) is 26.0 Å². The van der Waals surface area contributed by atoms with Crippen molar-refractivity contribution in [3.8, 4) is 0 Å². The zero-order valence-corrected chi connectivity index (χ0v) is 20.9. The Hall–Kier alpha value is -2.58. The monoisotopic (exact) mass is 500 g/mol. The lowest BCUT2D eigenvalue weighted by Crippen LogP contribution is -2.46. The van der Waals surface area contributed by atoms with Gasteiger partial charge in [0, 0.05) is 54.9 Å². The summed E-state index contributed by atoms with van der Waals surface area (Å²) in [6.45, 7) is 17.3. The topological polar surface area (TPSA) is 76.4 Å². The van der Waals surface area contributed by atoms with Gasteiger partial charge in [0.2, 0.25) is 0 Å². The van der Waals surface area contributed by atoms with Crippen molar-refractivity contribution in [1.29, 1.82) is 5.41 Å². The molecule has 1 aliphatic rings. The van der Waals surface area contributed by atoms with Gasteiger partial charge in [0.1, 0.15) is 11.6 Å². The third kappa shape index (κ3) is 5.42. The summed E-state index contributed by atoms with van der Waals surface area (Å²) in [4.78, 5) is 17.6. The van der Waals surface area contributed by atoms with Crippen LogP contribution in [0, 0.1) is 5.41 Å². The van der Waals surface area contributed by atoms with Crippen molar-refractivity contribution in [1.82, 2.24) is 9.47 Å². The largest absolute Gasteiger partial charge is 0.369 e. The number of pyridine rings is 1. The van der Waals surface area contributed by atoms with Crippen molar-refractivity contribution in [3.63, 3.8) is 0 Å². The lowest BCUT2D eigenvalue weighted by Gasteiger charge is -2.35. The number of aromatic nitrogens is 1. The first-order chi connectivity index (χ1) is 15.2. The van der Waals surface area contributed by atoms with E-state index in [0.717, 1.165) is 38.4 Å². The summed E-state index contributed by atoms with van der Waals surface area (Å²) in [6, 6.07) is 9.91. The molecule has 1 aromatic heterocycles. The standard InChI is InChI=1S/C24H33BrN6O/c1-6-29-11-13-30(14-12-29)20-9-7-19(8-10-20)27-18(5)28-23-21(17(4)26)15-22(25)24(32)31(23)16(2)3/h7-10,15-16,26-28H,5-6,11-14H2,1-4H3. The molecule has 1 aliphatic heterocycles. The maximum Gasteiger partial charge on any atom is 0.266 e. The van der Waals surface area contributed by atoms with Crippen LogP contribution in [0.3, 0.4) is 0 Å². The first kappa shape index (κ1) is 24.1. The number of benzene rings is 1. The molecular weight excluding hydrogens is 468 g/mol. The first-order valence-electron chi connectivity index (χ1n) is 11.0. The minimum absolute atomic E-state index is 0.0825. The number of nitrogens with zero attached hydrogens (tertiary/aromatic N) is 3. The molecule has 172 valence electrons. The molecule has 0 spiro atoms. The van der Waals surface area contributed by atoms with Gasteiger partial charge in [-0.15, -0.1) is 0 Å². The molecule has 0 amide bonds. The van der Waals surface area contributed by atoms with Gasteiger partial charge in [-0.3, -0.25) is 9.36 Å². The molecule has 8 heteroatoms. The zero-order valence-electron chi connectivity index (χ0n) is 19.3. The summed E-state index contributed by atoms with van der Waals surface area (Å²) in [5.41, 5.74) is 2.99. The van der Waals surface area contributed by atoms with Crippen LogP contribution in [0.4, 0.5) is 17.2 Å². The molecule has 1 aromatic carbocycles. The smallest absolute Gasteiger partial charge is 0.266 e. The van der Waals surface area contributed by atoms with Gasteiger partial charge in [-0.05, 0) is 73.6 Å². The summed E-state index contributed by atoms with van der Waals surface area (Å²) in [6.07, 6.45) is 0. The molecule has 2 aromatic rings. The van der Waals surface area contributed by atoms with Gasteiger partial charge in [0.15, 0.2) is 0 Å². The number of halogens is 1. The van der Waals surface area contributed by atoms with Crippen LogP contribution in [0.2, 0.25) is 0 Å². The normalized spacial score (nSPS) is 14.5. The lowest BCUT2D eigenvalue weighted by atomic mass is 10.1. The van der Waals surface area contributed by atoms with E-state index in [1.54, 1.807) is 17.6 Å². The summed E-state index contributed by atoms with van der Waals surface area (Å²) >= 11 is 3.33. The fraction of sp³-hybridized carbons (Fsp3) is 0.417. The summed E-state index contributed by atoms with van der Waals surface area (Å²) in [7, 11) is 0. The minimum atomic E-state index is -0.146. The maximum absolute atomic E-state index is 12.7. The predicted molar refractivity (Wildman–Crippen MR) is 138 cm³/mol. The van der Waals surface area contributed by atoms with Crippen molar-refractivity contribution in [2.75, 3.05) is 48.3 Å². The predicted octanol–water partition coefficient (Wildman–Crippen LogP) is 4.72. The van der Waals surface area contributed by atoms with E-state index in [1.165, 1.54) is 5.69 Å². The molecule has 0 aliphatic carbocycles. The summed E-state index contributed by atoms with van der Waals surface area (Å²) < 4.78 is 2.08. The fourth-order valence-electron chi connectivity index (χ4n) is 3.94. The molecule has 7 nitrogen and oxygen atoms in total. The fourth-order valence-corrected chi connectivity index (χ4v) is 4.36. The van der Waals surface area contributed by atoms with Gasteiger partial charge in [-0.1, -0.05) is 13.5 Å². The Bertz CT molecular complexity index is 1040. The van der Waals surface area contributed by atoms with E-state index in [2.05, 4.69) is 62.0 Å². The van der Waals surface area contributed by atoms with Gasteiger partial charge in [0.25, 0.3) is 5.56 Å². The van der Waals surface area contributed by atoms with E-state index >= 15 is 0 Å². The number of likely N-dealkylation sites (N-methyl/N-ethyl adjacent to an activating group) is 1. The Labute approximate surface area is 198 Å². The van der Waals surface area contributed by atoms with Crippen LogP contribution in [-0.4, -0.2) is 47.9 Å². The highest BCUT2D eigenvalue weighted by Crippen LogP contribution is 2.25. The Balaban J connectivity index is 1.74. The van der Waals surface area contributed by atoms with Crippen LogP contribution in [0.25, 0.3) is 0 Å². The zero-order chi connectivity index (χ0) is 23.4. The van der Waals surface area contributed by atoms with E-state index in [4.69, 9.17) is 5.41 Å². The highest BCUT2D eigenvalue weighted by molar-refractivity contribution is 9.10. The molecule has 0 bridgehead atoms. The van der Waals surface area contributed by atoms with Gasteiger partial charge >= 0.3 is 0 Å². The second-order valence-electron chi connectivity index (χ2n) is 8.35. The SMILES string of the molecule is C=C(Nc1ccc(N2CCN(CC)CC2)cc1)Nc1c(C(C)=N)cc(Br)c(=O)n1C(C)C. The molecule has 32 heavy (non-hydrogen) atoms. The van der Waals surface area contributed by atoms with Gasteiger partial charge in [-0.25, -0.2) is 0 Å². The molecule has 0 atom stereocenters. The lowest BCUT2D eigenvalue weighted by molar-refractivity contribution is 0.271. The molecular formula is C24H33BrN6O. The number of nitrogens with one attached hydrogen (secondary N) is 3. The second-order valence-corrected chi connectivity index (χ2v) is 9.20. The van der Waals surface area contributed by atoms with Crippen LogP contribution in [-0.2, 0) is 0 Å². The van der Waals surface area contributed by atoms with E-state index in [-0.39, 0.29) is 11.6 Å². The quantitative estimate of drug-likeness (QED) is 0.457. The second kappa shape index (κ2) is 10.4. The Morgan fingerprint density at radius 1 is 1.16 bits per heavy atom. The third-order valence-electron chi connectivity index (χ3n) is 5.73. The Kier molecular flexibility index (Phi) is 7.79. The highest BCUT2D eigenvalue weighted by Gasteiger charge is 2.18. The molecule has 1 saturated heterocycles. The molecule has 0 radical (unpaired) electrons. The maximum atomic E-state index is 12.7. The minimum Gasteiger partial charge on any atom is -0.369 e. The summed E-state index contributed by atoms with van der Waals surface area (Å²) in [5, 5.41) is 14.7. The van der Waals surface area contributed by atoms with Crippen LogP contribution in [0.5, 0.6) is 0 Å². The van der Waals surface area contributed by atoms with Crippen molar-refractivity contribution in [3.05, 3.63) is 63.1 Å². The Morgan fingerprint density at radius 2 is 1.78 bits per heavy atom. The van der Waals surface area contributed by atoms with Gasteiger partial charge in [-0.2, -0.15) is 0 Å². The molecule has 1 fully saturated rings. The van der Waals surface area contributed by atoms with Crippen LogP contribution in [0.15, 0.2) is 52.0 Å². The number of rotatable bonds is 8. The molecule has 3 N–H and O–H groups in total. The Morgan fingerprint density at radius 3 is 2.31 bits per heavy atom. The average molecular weight is 501 g/mol. The van der Waals surface area contributed by atoms with Crippen LogP contribution < -0.4 is 21.1 Å². The van der Waals surface area contributed by atoms with Gasteiger partial charge in [0.05, 0.1) is 4.47 Å². The number of piperazine rings is 1. The van der Waals surface area contributed by atoms with E-state index in [0.29, 0.717) is 27.4 Å². The molecule has 3 rings (SSSR count). The van der Waals surface area contributed by atoms with Crippen molar-refractivity contribution < 1.29 is 0 Å². The van der Waals surface area contributed by atoms with Gasteiger partial charge < -0.3 is 25.8 Å². The van der Waals surface area contributed by atoms with E-state index < -0.39 is 0 Å². The van der Waals surface area contributed by atoms with E-state index in [9.17, 15) is 4.79 Å². The van der Waals surface area contributed by atoms with Crippen molar-refractivity contribution in [2.24, 2.45) is 0 Å². The average Bonchev–Trinajstić information content (AvgIpc) is 2.76. The third-order valence-corrected chi connectivity index (χ3v) is 6.30. The van der Waals surface area contributed by atoms with Crippen molar-refractivity contribution >= 4 is 38.8 Å². The number of anilines is 3. The molecule has 0 saturated carbocycles. The number of hydrogen-bond acceptors (Lipinski definition) is 6. The highest BCUT2D eigenvalue weighted by atomic mass is 79.9. The first-order valence-corrected chi connectivity index (χ1v) is 11.8. The summed E-state index contributed by atoms with van der Waals surface area (Å²) in [5.74, 6) is 1.09.